The van der Waals surface area contributed by atoms with E-state index in [1.54, 1.807) is 16.9 Å². The van der Waals surface area contributed by atoms with Gasteiger partial charge in [-0.25, -0.2) is 9.67 Å². The first-order chi connectivity index (χ1) is 17.5. The number of aromatic nitrogens is 4. The van der Waals surface area contributed by atoms with Crippen LogP contribution >= 0.6 is 0 Å². The first kappa shape index (κ1) is 22.8. The summed E-state index contributed by atoms with van der Waals surface area (Å²) in [6, 6.07) is 12.1. The molecule has 2 atom stereocenters. The second kappa shape index (κ2) is 9.46. The molecule has 3 aromatic rings. The first-order valence-corrected chi connectivity index (χ1v) is 12.8. The lowest BCUT2D eigenvalue weighted by Crippen LogP contribution is -2.53. The Balaban J connectivity index is 1.05. The molecule has 9 nitrogen and oxygen atoms in total. The number of aryl methyl sites for hydroxylation is 1. The molecule has 186 valence electrons. The number of pyridine rings is 1. The molecule has 6 rings (SSSR count). The molecular weight excluding hydrogens is 454 g/mol. The van der Waals surface area contributed by atoms with Crippen LogP contribution in [0, 0.1) is 0 Å². The molecule has 0 spiro atoms. The molecule has 2 aromatic heterocycles. The second-order valence-electron chi connectivity index (χ2n) is 10.2. The largest absolute Gasteiger partial charge is 0.384 e. The molecule has 0 saturated carbocycles. The SMILES string of the molecule is Nc1ccc2c(n1)CCC2CC(=O)c1cn(Cc2ccc(CN3CCN4CCCC4C3=O)cc2)nn1. The molecule has 0 bridgehead atoms. The van der Waals surface area contributed by atoms with Gasteiger partial charge in [0, 0.05) is 31.7 Å². The summed E-state index contributed by atoms with van der Waals surface area (Å²) in [7, 11) is 0. The highest BCUT2D eigenvalue weighted by atomic mass is 16.2. The van der Waals surface area contributed by atoms with Crippen molar-refractivity contribution in [2.75, 3.05) is 25.4 Å². The summed E-state index contributed by atoms with van der Waals surface area (Å²) < 4.78 is 1.70. The monoisotopic (exact) mass is 485 g/mol. The van der Waals surface area contributed by atoms with E-state index in [0.717, 1.165) is 67.7 Å². The lowest BCUT2D eigenvalue weighted by molar-refractivity contribution is -0.140. The number of carbonyl (C=O) groups excluding carboxylic acids is 2. The zero-order valence-corrected chi connectivity index (χ0v) is 20.3. The van der Waals surface area contributed by atoms with Gasteiger partial charge < -0.3 is 10.6 Å². The molecule has 2 saturated heterocycles. The van der Waals surface area contributed by atoms with Crippen molar-refractivity contribution >= 4 is 17.5 Å². The van der Waals surface area contributed by atoms with Gasteiger partial charge in [-0.2, -0.15) is 0 Å². The summed E-state index contributed by atoms with van der Waals surface area (Å²) in [5.41, 5.74) is 10.5. The number of hydrogen-bond acceptors (Lipinski definition) is 7. The molecule has 36 heavy (non-hydrogen) atoms. The van der Waals surface area contributed by atoms with Gasteiger partial charge in [0.05, 0.1) is 18.8 Å². The van der Waals surface area contributed by atoms with Crippen LogP contribution in [0.3, 0.4) is 0 Å². The molecular formula is C27H31N7O2. The smallest absolute Gasteiger partial charge is 0.240 e. The number of piperazine rings is 1. The van der Waals surface area contributed by atoms with Gasteiger partial charge in [-0.05, 0) is 60.9 Å². The Morgan fingerprint density at radius 1 is 1.00 bits per heavy atom. The van der Waals surface area contributed by atoms with E-state index in [2.05, 4.69) is 44.5 Å². The Hall–Kier alpha value is -3.59. The van der Waals surface area contributed by atoms with Crippen LogP contribution in [0.5, 0.6) is 0 Å². The Morgan fingerprint density at radius 2 is 1.81 bits per heavy atom. The number of nitrogen functional groups attached to an aromatic ring is 1. The highest BCUT2D eigenvalue weighted by Crippen LogP contribution is 2.35. The average molecular weight is 486 g/mol. The number of hydrogen-bond donors (Lipinski definition) is 1. The van der Waals surface area contributed by atoms with Gasteiger partial charge in [-0.1, -0.05) is 35.5 Å². The molecule has 1 aromatic carbocycles. The fourth-order valence-corrected chi connectivity index (χ4v) is 5.87. The number of amides is 1. The maximum Gasteiger partial charge on any atom is 0.240 e. The van der Waals surface area contributed by atoms with Crippen molar-refractivity contribution in [2.45, 2.75) is 57.2 Å². The van der Waals surface area contributed by atoms with Gasteiger partial charge in [0.15, 0.2) is 5.78 Å². The maximum absolute atomic E-state index is 12.9. The number of ketones is 1. The summed E-state index contributed by atoms with van der Waals surface area (Å²) >= 11 is 0. The van der Waals surface area contributed by atoms with E-state index in [0.29, 0.717) is 31.0 Å². The van der Waals surface area contributed by atoms with Crippen LogP contribution in [0.25, 0.3) is 0 Å². The molecule has 9 heteroatoms. The molecule has 0 radical (unpaired) electrons. The van der Waals surface area contributed by atoms with Crippen LogP contribution in [0.4, 0.5) is 5.82 Å². The van der Waals surface area contributed by atoms with Crippen molar-refractivity contribution < 1.29 is 9.59 Å². The van der Waals surface area contributed by atoms with Crippen LogP contribution in [0.1, 0.15) is 64.5 Å². The van der Waals surface area contributed by atoms with Crippen LogP contribution in [0.2, 0.25) is 0 Å². The van der Waals surface area contributed by atoms with Crippen LogP contribution in [-0.2, 0) is 24.3 Å². The van der Waals surface area contributed by atoms with E-state index < -0.39 is 0 Å². The lowest BCUT2D eigenvalue weighted by atomic mass is 9.95. The Morgan fingerprint density at radius 3 is 2.64 bits per heavy atom. The molecule has 2 fully saturated rings. The predicted molar refractivity (Wildman–Crippen MR) is 134 cm³/mol. The van der Waals surface area contributed by atoms with Crippen LogP contribution in [-0.4, -0.2) is 67.1 Å². The van der Waals surface area contributed by atoms with Crippen molar-refractivity contribution in [3.63, 3.8) is 0 Å². The van der Waals surface area contributed by atoms with E-state index in [-0.39, 0.29) is 23.7 Å². The molecule has 4 heterocycles. The summed E-state index contributed by atoms with van der Waals surface area (Å²) in [5, 5.41) is 8.31. The minimum absolute atomic E-state index is 0.00157. The number of nitrogens with two attached hydrogens (primary N) is 1. The zero-order chi connectivity index (χ0) is 24.6. The summed E-state index contributed by atoms with van der Waals surface area (Å²) in [4.78, 5) is 34.4. The highest BCUT2D eigenvalue weighted by molar-refractivity contribution is 5.94. The average Bonchev–Trinajstić information content (AvgIpc) is 3.62. The van der Waals surface area contributed by atoms with Crippen molar-refractivity contribution in [3.8, 4) is 0 Å². The van der Waals surface area contributed by atoms with Crippen molar-refractivity contribution in [2.24, 2.45) is 0 Å². The van der Waals surface area contributed by atoms with Gasteiger partial charge in [0.2, 0.25) is 5.91 Å². The molecule has 2 unspecified atom stereocenters. The molecule has 2 aliphatic heterocycles. The number of fused-ring (bicyclic) bond motifs is 2. The molecule has 2 N–H and O–H groups in total. The molecule has 3 aliphatic rings. The van der Waals surface area contributed by atoms with Crippen molar-refractivity contribution in [1.82, 2.24) is 29.8 Å². The van der Waals surface area contributed by atoms with Gasteiger partial charge in [-0.3, -0.25) is 14.5 Å². The molecule has 1 amide bonds. The fourth-order valence-electron chi connectivity index (χ4n) is 5.87. The quantitative estimate of drug-likeness (QED) is 0.512. The Labute approximate surface area is 210 Å². The fraction of sp³-hybridized carbons (Fsp3) is 0.444. The van der Waals surface area contributed by atoms with E-state index in [1.807, 2.05) is 11.0 Å². The van der Waals surface area contributed by atoms with Crippen LogP contribution < -0.4 is 5.73 Å². The minimum atomic E-state index is -0.00157. The number of rotatable bonds is 7. The van der Waals surface area contributed by atoms with Crippen molar-refractivity contribution in [3.05, 3.63) is 70.7 Å². The standard InChI is InChI=1S/C27H31N7O2/c28-26-10-8-21-20(7-9-22(21)29-26)14-25(35)23-17-34(31-30-23)16-19-5-3-18(4-6-19)15-33-13-12-32-11-1-2-24(32)27(33)36/h3-6,8,10,17,20,24H,1-2,7,9,11-16H2,(H2,28,29). The Bertz CT molecular complexity index is 1290. The number of benzene rings is 1. The Kier molecular flexibility index (Phi) is 6.00. The topological polar surface area (TPSA) is 110 Å². The van der Waals surface area contributed by atoms with E-state index in [4.69, 9.17) is 5.73 Å². The second-order valence-corrected chi connectivity index (χ2v) is 10.2. The number of carbonyl (C=O) groups is 2. The van der Waals surface area contributed by atoms with E-state index >= 15 is 0 Å². The zero-order valence-electron chi connectivity index (χ0n) is 20.3. The van der Waals surface area contributed by atoms with Gasteiger partial charge in [0.25, 0.3) is 0 Å². The lowest BCUT2D eigenvalue weighted by Gasteiger charge is -2.36. The van der Waals surface area contributed by atoms with E-state index in [9.17, 15) is 9.59 Å². The minimum Gasteiger partial charge on any atom is -0.384 e. The third-order valence-corrected chi connectivity index (χ3v) is 7.81. The number of Topliss-reactive ketones (excluding diaryl/α,β-unsaturated/α-hetero) is 1. The van der Waals surface area contributed by atoms with Gasteiger partial charge in [-0.15, -0.1) is 5.10 Å². The molecule has 1 aliphatic carbocycles. The van der Waals surface area contributed by atoms with Crippen molar-refractivity contribution in [1.29, 1.82) is 0 Å². The highest BCUT2D eigenvalue weighted by Gasteiger charge is 2.37. The third kappa shape index (κ3) is 4.51. The number of nitrogens with zero attached hydrogens (tertiary/aromatic N) is 6. The maximum atomic E-state index is 12.9. The summed E-state index contributed by atoms with van der Waals surface area (Å²) in [5.74, 6) is 0.946. The van der Waals surface area contributed by atoms with Gasteiger partial charge >= 0.3 is 0 Å². The van der Waals surface area contributed by atoms with E-state index in [1.165, 1.54) is 0 Å². The predicted octanol–water partition coefficient (Wildman–Crippen LogP) is 2.41. The summed E-state index contributed by atoms with van der Waals surface area (Å²) in [6.07, 6.45) is 5.99. The normalized spacial score (nSPS) is 21.6. The van der Waals surface area contributed by atoms with Crippen LogP contribution in [0.15, 0.2) is 42.6 Å². The first-order valence-electron chi connectivity index (χ1n) is 12.8. The third-order valence-electron chi connectivity index (χ3n) is 7.81. The summed E-state index contributed by atoms with van der Waals surface area (Å²) in [6.45, 7) is 4.01. The van der Waals surface area contributed by atoms with Gasteiger partial charge in [0.1, 0.15) is 11.5 Å². The number of anilines is 1.